The van der Waals surface area contributed by atoms with Crippen molar-refractivity contribution in [3.05, 3.63) is 30.1 Å². The fourth-order valence-electron chi connectivity index (χ4n) is 3.48. The summed E-state index contributed by atoms with van der Waals surface area (Å²) in [6.45, 7) is 0.959. The van der Waals surface area contributed by atoms with Crippen LogP contribution in [0.25, 0.3) is 0 Å². The number of nitrogens with zero attached hydrogens (tertiary/aromatic N) is 2. The Labute approximate surface area is 115 Å². The van der Waals surface area contributed by atoms with Crippen molar-refractivity contribution in [3.8, 4) is 0 Å². The molecule has 1 atom stereocenters. The van der Waals surface area contributed by atoms with Crippen LogP contribution < -0.4 is 0 Å². The van der Waals surface area contributed by atoms with Crippen molar-refractivity contribution in [2.24, 2.45) is 5.92 Å². The zero-order valence-corrected chi connectivity index (χ0v) is 11.4. The van der Waals surface area contributed by atoms with E-state index in [0.717, 1.165) is 25.1 Å². The molecule has 1 aromatic heterocycles. The molecule has 0 N–H and O–H groups in total. The first-order chi connectivity index (χ1) is 9.34. The number of likely N-dealkylation sites (tertiary alicyclic amines) is 1. The summed E-state index contributed by atoms with van der Waals surface area (Å²) < 4.78 is 0. The minimum Gasteiger partial charge on any atom is -0.339 e. The van der Waals surface area contributed by atoms with Crippen LogP contribution in [0, 0.1) is 5.92 Å². The van der Waals surface area contributed by atoms with Gasteiger partial charge in [-0.2, -0.15) is 0 Å². The molecule has 2 fully saturated rings. The normalized spacial score (nSPS) is 24.9. The molecule has 1 aliphatic heterocycles. The van der Waals surface area contributed by atoms with Crippen LogP contribution in [0.5, 0.6) is 0 Å². The van der Waals surface area contributed by atoms with E-state index >= 15 is 0 Å². The molecule has 1 aliphatic carbocycles. The van der Waals surface area contributed by atoms with E-state index in [1.54, 1.807) is 0 Å². The topological polar surface area (TPSA) is 33.2 Å². The molecular weight excluding hydrogens is 236 g/mol. The second-order valence-corrected chi connectivity index (χ2v) is 5.83. The van der Waals surface area contributed by atoms with Gasteiger partial charge in [0.15, 0.2) is 0 Å². The van der Waals surface area contributed by atoms with Gasteiger partial charge in [-0.3, -0.25) is 9.78 Å². The van der Waals surface area contributed by atoms with Gasteiger partial charge in [0.1, 0.15) is 0 Å². The fourth-order valence-corrected chi connectivity index (χ4v) is 3.48. The Morgan fingerprint density at radius 1 is 1.16 bits per heavy atom. The highest BCUT2D eigenvalue weighted by atomic mass is 16.2. The van der Waals surface area contributed by atoms with E-state index in [0.29, 0.717) is 11.9 Å². The van der Waals surface area contributed by atoms with Crippen LogP contribution in [0.3, 0.4) is 0 Å². The van der Waals surface area contributed by atoms with E-state index in [4.69, 9.17) is 0 Å². The molecule has 0 bridgehead atoms. The Bertz CT molecular complexity index is 426. The summed E-state index contributed by atoms with van der Waals surface area (Å²) in [6, 6.07) is 6.47. The van der Waals surface area contributed by atoms with Crippen LogP contribution in [0.2, 0.25) is 0 Å². The number of rotatable bonds is 3. The molecule has 3 nitrogen and oxygen atoms in total. The maximum Gasteiger partial charge on any atom is 0.226 e. The van der Waals surface area contributed by atoms with Crippen LogP contribution in [-0.4, -0.2) is 28.4 Å². The molecule has 3 heteroatoms. The van der Waals surface area contributed by atoms with E-state index < -0.39 is 0 Å². The molecule has 3 rings (SSSR count). The highest BCUT2D eigenvalue weighted by Crippen LogP contribution is 2.29. The zero-order chi connectivity index (χ0) is 13.1. The predicted molar refractivity (Wildman–Crippen MR) is 74.6 cm³/mol. The molecule has 1 saturated carbocycles. The average molecular weight is 258 g/mol. The average Bonchev–Trinajstić information content (AvgIpc) is 2.82. The third-order valence-electron chi connectivity index (χ3n) is 4.55. The lowest BCUT2D eigenvalue weighted by Gasteiger charge is -2.31. The minimum atomic E-state index is 0.164. The van der Waals surface area contributed by atoms with Gasteiger partial charge in [0, 0.05) is 36.8 Å². The van der Waals surface area contributed by atoms with Crippen molar-refractivity contribution in [3.63, 3.8) is 0 Å². The Kier molecular flexibility index (Phi) is 3.81. The summed E-state index contributed by atoms with van der Waals surface area (Å²) in [5, 5.41) is 0. The van der Waals surface area contributed by atoms with Crippen molar-refractivity contribution in [2.45, 2.75) is 51.0 Å². The zero-order valence-electron chi connectivity index (χ0n) is 11.4. The van der Waals surface area contributed by atoms with Gasteiger partial charge in [-0.25, -0.2) is 0 Å². The van der Waals surface area contributed by atoms with Crippen molar-refractivity contribution in [1.29, 1.82) is 0 Å². The molecule has 1 amide bonds. The van der Waals surface area contributed by atoms with Gasteiger partial charge in [0.25, 0.3) is 0 Å². The van der Waals surface area contributed by atoms with E-state index in [1.807, 2.05) is 24.4 Å². The van der Waals surface area contributed by atoms with Crippen molar-refractivity contribution in [1.82, 2.24) is 9.88 Å². The van der Waals surface area contributed by atoms with E-state index in [1.165, 1.54) is 32.1 Å². The Morgan fingerprint density at radius 2 is 2.00 bits per heavy atom. The summed E-state index contributed by atoms with van der Waals surface area (Å²) in [6.07, 6.45) is 9.97. The minimum absolute atomic E-state index is 0.164. The first-order valence-corrected chi connectivity index (χ1v) is 7.55. The Morgan fingerprint density at radius 3 is 2.74 bits per heavy atom. The number of carbonyl (C=O) groups excluding carboxylic acids is 1. The first kappa shape index (κ1) is 12.6. The number of pyridine rings is 1. The van der Waals surface area contributed by atoms with E-state index in [2.05, 4.69) is 9.88 Å². The first-order valence-electron chi connectivity index (χ1n) is 7.55. The van der Waals surface area contributed by atoms with Gasteiger partial charge in [0.2, 0.25) is 5.91 Å². The van der Waals surface area contributed by atoms with Crippen LogP contribution >= 0.6 is 0 Å². The molecule has 19 heavy (non-hydrogen) atoms. The summed E-state index contributed by atoms with van der Waals surface area (Å²) in [5.74, 6) is 0.536. The van der Waals surface area contributed by atoms with E-state index in [9.17, 15) is 4.79 Å². The predicted octanol–water partition coefficient (Wildman–Crippen LogP) is 2.81. The molecule has 102 valence electrons. The van der Waals surface area contributed by atoms with Crippen molar-refractivity contribution >= 4 is 5.91 Å². The van der Waals surface area contributed by atoms with Gasteiger partial charge in [0.05, 0.1) is 0 Å². The lowest BCUT2D eigenvalue weighted by molar-refractivity contribution is -0.133. The van der Waals surface area contributed by atoms with Crippen LogP contribution in [0.1, 0.15) is 44.2 Å². The molecular formula is C16H22N2O. The molecule has 1 unspecified atom stereocenters. The second kappa shape index (κ2) is 5.72. The number of aromatic nitrogens is 1. The van der Waals surface area contributed by atoms with Gasteiger partial charge in [-0.05, 0) is 31.4 Å². The third kappa shape index (κ3) is 2.80. The van der Waals surface area contributed by atoms with E-state index in [-0.39, 0.29) is 5.92 Å². The standard InChI is InChI=1S/C16H22N2O/c19-16-13(12-14-6-4-5-10-17-14)9-11-18(16)15-7-2-1-3-8-15/h4-6,10,13,15H,1-3,7-9,11-12H2. The highest BCUT2D eigenvalue weighted by molar-refractivity contribution is 5.81. The van der Waals surface area contributed by atoms with Crippen molar-refractivity contribution in [2.75, 3.05) is 6.54 Å². The van der Waals surface area contributed by atoms with Gasteiger partial charge in [-0.15, -0.1) is 0 Å². The lowest BCUT2D eigenvalue weighted by Crippen LogP contribution is -2.39. The Hall–Kier alpha value is -1.38. The molecule has 0 spiro atoms. The maximum absolute atomic E-state index is 12.5. The smallest absolute Gasteiger partial charge is 0.226 e. The Balaban J connectivity index is 1.62. The maximum atomic E-state index is 12.5. The largest absolute Gasteiger partial charge is 0.339 e. The SMILES string of the molecule is O=C1C(Cc2ccccn2)CCN1C1CCCCC1. The van der Waals surface area contributed by atoms with Gasteiger partial charge < -0.3 is 4.90 Å². The lowest BCUT2D eigenvalue weighted by atomic mass is 9.94. The molecule has 1 saturated heterocycles. The summed E-state index contributed by atoms with van der Waals surface area (Å²) in [4.78, 5) is 19.0. The number of hydrogen-bond acceptors (Lipinski definition) is 2. The molecule has 2 heterocycles. The summed E-state index contributed by atoms with van der Waals surface area (Å²) >= 11 is 0. The van der Waals surface area contributed by atoms with Gasteiger partial charge >= 0.3 is 0 Å². The summed E-state index contributed by atoms with van der Waals surface area (Å²) in [5.41, 5.74) is 1.05. The van der Waals surface area contributed by atoms with Crippen LogP contribution in [0.15, 0.2) is 24.4 Å². The molecule has 0 aromatic carbocycles. The van der Waals surface area contributed by atoms with Crippen LogP contribution in [0.4, 0.5) is 0 Å². The number of amides is 1. The molecule has 0 radical (unpaired) electrons. The quantitative estimate of drug-likeness (QED) is 0.835. The number of carbonyl (C=O) groups is 1. The van der Waals surface area contributed by atoms with Crippen molar-refractivity contribution < 1.29 is 4.79 Å². The van der Waals surface area contributed by atoms with Crippen LogP contribution in [-0.2, 0) is 11.2 Å². The number of hydrogen-bond donors (Lipinski definition) is 0. The van der Waals surface area contributed by atoms with Gasteiger partial charge in [-0.1, -0.05) is 25.3 Å². The monoisotopic (exact) mass is 258 g/mol. The molecule has 1 aromatic rings. The fraction of sp³-hybridized carbons (Fsp3) is 0.625. The highest BCUT2D eigenvalue weighted by Gasteiger charge is 2.36. The second-order valence-electron chi connectivity index (χ2n) is 5.83. The third-order valence-corrected chi connectivity index (χ3v) is 4.55. The summed E-state index contributed by atoms with van der Waals surface area (Å²) in [7, 11) is 0. The molecule has 2 aliphatic rings.